The van der Waals surface area contributed by atoms with Crippen LogP contribution < -0.4 is 9.64 Å². The summed E-state index contributed by atoms with van der Waals surface area (Å²) in [5.74, 6) is 1.22. The highest BCUT2D eigenvalue weighted by Gasteiger charge is 2.33. The van der Waals surface area contributed by atoms with Gasteiger partial charge >= 0.3 is 0 Å². The van der Waals surface area contributed by atoms with Crippen LogP contribution in [0.15, 0.2) is 88.0 Å². The largest absolute Gasteiger partial charge is 0.497 e. The number of hydrogen-bond acceptors (Lipinski definition) is 3. The maximum Gasteiger partial charge on any atom is 0.282 e. The highest BCUT2D eigenvalue weighted by atomic mass is 79.9. The summed E-state index contributed by atoms with van der Waals surface area (Å²) in [4.78, 5) is 19.7. The first-order valence-corrected chi connectivity index (χ1v) is 9.96. The predicted molar refractivity (Wildman–Crippen MR) is 120 cm³/mol. The van der Waals surface area contributed by atoms with Crippen LogP contribution in [0.1, 0.15) is 16.7 Å². The van der Waals surface area contributed by atoms with E-state index in [-0.39, 0.29) is 5.91 Å². The van der Waals surface area contributed by atoms with Crippen molar-refractivity contribution in [2.45, 2.75) is 6.92 Å². The van der Waals surface area contributed by atoms with Gasteiger partial charge in [0.1, 0.15) is 17.3 Å². The molecule has 3 aromatic rings. The van der Waals surface area contributed by atoms with Crippen molar-refractivity contribution in [3.63, 3.8) is 0 Å². The quantitative estimate of drug-likeness (QED) is 0.489. The molecule has 0 radical (unpaired) electrons. The van der Waals surface area contributed by atoms with Crippen LogP contribution in [-0.2, 0) is 4.79 Å². The van der Waals surface area contributed by atoms with Gasteiger partial charge in [0.25, 0.3) is 5.91 Å². The van der Waals surface area contributed by atoms with Gasteiger partial charge in [0.15, 0.2) is 0 Å². The third-order valence-electron chi connectivity index (χ3n) is 4.65. The minimum Gasteiger partial charge on any atom is -0.497 e. The summed E-state index contributed by atoms with van der Waals surface area (Å²) in [6.45, 7) is 2.01. The number of rotatable bonds is 4. The maximum absolute atomic E-state index is 13.3. The molecule has 0 atom stereocenters. The molecule has 0 spiro atoms. The second kappa shape index (κ2) is 8.05. The summed E-state index contributed by atoms with van der Waals surface area (Å²) in [6, 6.07) is 23.2. The smallest absolute Gasteiger partial charge is 0.282 e. The fourth-order valence-corrected chi connectivity index (χ4v) is 3.67. The van der Waals surface area contributed by atoms with E-state index in [1.165, 1.54) is 0 Å². The molecular formula is C24H19BrN2O2. The van der Waals surface area contributed by atoms with E-state index in [2.05, 4.69) is 15.9 Å². The highest BCUT2D eigenvalue weighted by Crippen LogP contribution is 2.31. The van der Waals surface area contributed by atoms with Crippen LogP contribution >= 0.6 is 15.9 Å². The van der Waals surface area contributed by atoms with Crippen LogP contribution in [0.2, 0.25) is 0 Å². The number of nitrogens with zero attached hydrogens (tertiary/aromatic N) is 2. The Morgan fingerprint density at radius 3 is 2.45 bits per heavy atom. The van der Waals surface area contributed by atoms with Crippen molar-refractivity contribution in [3.8, 4) is 5.75 Å². The molecule has 0 N–H and O–H groups in total. The molecule has 0 aliphatic carbocycles. The SMILES string of the molecule is COc1ccc(/C=C2/N=C(c3ccccc3Br)N(c3cccc(C)c3)C2=O)cc1. The lowest BCUT2D eigenvalue weighted by Gasteiger charge is -2.19. The number of amides is 1. The van der Waals surface area contributed by atoms with Gasteiger partial charge in [-0.05, 0) is 54.5 Å². The summed E-state index contributed by atoms with van der Waals surface area (Å²) in [7, 11) is 1.63. The normalized spacial score (nSPS) is 15.0. The van der Waals surface area contributed by atoms with Crippen LogP contribution in [0.4, 0.5) is 5.69 Å². The van der Waals surface area contributed by atoms with Crippen LogP contribution in [0.5, 0.6) is 5.75 Å². The number of carbonyl (C=O) groups is 1. The first kappa shape index (κ1) is 19.2. The second-order valence-corrected chi connectivity index (χ2v) is 7.55. The average Bonchev–Trinajstić information content (AvgIpc) is 3.05. The summed E-state index contributed by atoms with van der Waals surface area (Å²) in [5, 5.41) is 0. The molecule has 3 aromatic carbocycles. The van der Waals surface area contributed by atoms with Crippen molar-refractivity contribution in [1.29, 1.82) is 0 Å². The van der Waals surface area contributed by atoms with Gasteiger partial charge in [0.05, 0.1) is 12.8 Å². The van der Waals surface area contributed by atoms with E-state index < -0.39 is 0 Å². The zero-order chi connectivity index (χ0) is 20.4. The van der Waals surface area contributed by atoms with Gasteiger partial charge < -0.3 is 4.74 Å². The summed E-state index contributed by atoms with van der Waals surface area (Å²) >= 11 is 3.59. The molecule has 0 bridgehead atoms. The standard InChI is InChI=1S/C24H19BrN2O2/c1-16-6-5-7-18(14-16)27-23(20-8-3-4-9-21(20)25)26-22(24(27)28)15-17-10-12-19(29-2)13-11-17/h3-15H,1-2H3/b22-15+. The third kappa shape index (κ3) is 3.87. The van der Waals surface area contributed by atoms with E-state index in [0.717, 1.165) is 32.6 Å². The Labute approximate surface area is 178 Å². The fraction of sp³-hybridized carbons (Fsp3) is 0.0833. The van der Waals surface area contributed by atoms with Crippen molar-refractivity contribution < 1.29 is 9.53 Å². The molecule has 0 saturated carbocycles. The van der Waals surface area contributed by atoms with Gasteiger partial charge in [-0.25, -0.2) is 4.99 Å². The number of aryl methyl sites for hydroxylation is 1. The van der Waals surface area contributed by atoms with E-state index in [0.29, 0.717) is 11.5 Å². The van der Waals surface area contributed by atoms with E-state index in [9.17, 15) is 4.79 Å². The van der Waals surface area contributed by atoms with Crippen molar-refractivity contribution in [3.05, 3.63) is 99.7 Å². The minimum atomic E-state index is -0.155. The van der Waals surface area contributed by atoms with Crippen molar-refractivity contribution >= 4 is 39.4 Å². The van der Waals surface area contributed by atoms with Gasteiger partial charge in [0.2, 0.25) is 0 Å². The number of anilines is 1. The average molecular weight is 447 g/mol. The molecule has 1 aliphatic rings. The molecular weight excluding hydrogens is 428 g/mol. The predicted octanol–water partition coefficient (Wildman–Crippen LogP) is 5.60. The van der Waals surface area contributed by atoms with Crippen LogP contribution in [-0.4, -0.2) is 18.9 Å². The summed E-state index contributed by atoms with van der Waals surface area (Å²) < 4.78 is 6.09. The molecule has 29 heavy (non-hydrogen) atoms. The van der Waals surface area contributed by atoms with Crippen molar-refractivity contribution in [2.75, 3.05) is 12.0 Å². The molecule has 0 unspecified atom stereocenters. The Morgan fingerprint density at radius 1 is 1.00 bits per heavy atom. The maximum atomic E-state index is 13.3. The zero-order valence-corrected chi connectivity index (χ0v) is 17.7. The second-order valence-electron chi connectivity index (χ2n) is 6.70. The minimum absolute atomic E-state index is 0.155. The topological polar surface area (TPSA) is 41.9 Å². The molecule has 0 aromatic heterocycles. The lowest BCUT2D eigenvalue weighted by Crippen LogP contribution is -2.32. The molecule has 144 valence electrons. The van der Waals surface area contributed by atoms with Gasteiger partial charge in [-0.2, -0.15) is 0 Å². The Morgan fingerprint density at radius 2 is 1.76 bits per heavy atom. The third-order valence-corrected chi connectivity index (χ3v) is 5.35. The lowest BCUT2D eigenvalue weighted by molar-refractivity contribution is -0.113. The molecule has 0 fully saturated rings. The number of hydrogen-bond donors (Lipinski definition) is 0. The first-order chi connectivity index (χ1) is 14.1. The van der Waals surface area contributed by atoms with Gasteiger partial charge in [-0.1, -0.05) is 58.4 Å². The molecule has 1 heterocycles. The van der Waals surface area contributed by atoms with Crippen molar-refractivity contribution in [2.24, 2.45) is 4.99 Å². The molecule has 4 rings (SSSR count). The molecule has 4 nitrogen and oxygen atoms in total. The molecule has 0 saturated heterocycles. The van der Waals surface area contributed by atoms with E-state index in [1.807, 2.05) is 79.7 Å². The van der Waals surface area contributed by atoms with Crippen molar-refractivity contribution in [1.82, 2.24) is 0 Å². The number of amidine groups is 1. The molecule has 1 amide bonds. The molecule has 1 aliphatic heterocycles. The summed E-state index contributed by atoms with van der Waals surface area (Å²) in [6.07, 6.45) is 1.80. The first-order valence-electron chi connectivity index (χ1n) is 9.17. The fourth-order valence-electron chi connectivity index (χ4n) is 3.20. The van der Waals surface area contributed by atoms with E-state index in [1.54, 1.807) is 18.1 Å². The number of ether oxygens (including phenoxy) is 1. The van der Waals surface area contributed by atoms with Gasteiger partial charge in [-0.15, -0.1) is 0 Å². The Balaban J connectivity index is 1.82. The van der Waals surface area contributed by atoms with Crippen LogP contribution in [0, 0.1) is 6.92 Å². The Hall–Kier alpha value is -3.18. The number of aliphatic imine (C=N–C) groups is 1. The summed E-state index contributed by atoms with van der Waals surface area (Å²) in [5.41, 5.74) is 4.01. The van der Waals surface area contributed by atoms with E-state index in [4.69, 9.17) is 9.73 Å². The Kier molecular flexibility index (Phi) is 5.32. The van der Waals surface area contributed by atoms with Gasteiger partial charge in [-0.3, -0.25) is 9.69 Å². The zero-order valence-electron chi connectivity index (χ0n) is 16.1. The monoisotopic (exact) mass is 446 g/mol. The van der Waals surface area contributed by atoms with Gasteiger partial charge in [0, 0.05) is 10.0 Å². The highest BCUT2D eigenvalue weighted by molar-refractivity contribution is 9.10. The Bertz CT molecular complexity index is 1130. The van der Waals surface area contributed by atoms with E-state index >= 15 is 0 Å². The molecule has 5 heteroatoms. The number of carbonyl (C=O) groups excluding carboxylic acids is 1. The number of halogens is 1. The van der Waals surface area contributed by atoms with Crippen LogP contribution in [0.3, 0.4) is 0 Å². The lowest BCUT2D eigenvalue weighted by atomic mass is 10.1. The number of benzene rings is 3. The van der Waals surface area contributed by atoms with Crippen LogP contribution in [0.25, 0.3) is 6.08 Å². The number of methoxy groups -OCH3 is 1.